The SMILES string of the molecule is CC/C=C\C/C=C\C/C=C\C/C=C\CCCCC(=O)OC(COC(=O)CCC/C=C\C/C=C\C/C=C\CCCCCCCC)COP(=O)(O)OCCNC. The zero-order chi connectivity index (χ0) is 39.6. The van der Waals surface area contributed by atoms with Crippen LogP contribution in [-0.4, -0.2) is 56.3 Å². The van der Waals surface area contributed by atoms with Gasteiger partial charge in [0.25, 0.3) is 0 Å². The van der Waals surface area contributed by atoms with Gasteiger partial charge in [-0.3, -0.25) is 18.6 Å². The maximum absolute atomic E-state index is 12.6. The van der Waals surface area contributed by atoms with Crippen LogP contribution in [-0.2, 0) is 32.7 Å². The molecule has 0 fully saturated rings. The van der Waals surface area contributed by atoms with Crippen molar-refractivity contribution < 1.29 is 37.6 Å². The van der Waals surface area contributed by atoms with E-state index in [1.807, 2.05) is 0 Å². The van der Waals surface area contributed by atoms with Gasteiger partial charge >= 0.3 is 19.8 Å². The first kappa shape index (κ1) is 51.2. The van der Waals surface area contributed by atoms with E-state index in [4.69, 9.17) is 18.5 Å². The standard InChI is InChI=1S/C44H74NO8P/c1-4-6-8-10-12-14-16-18-20-21-23-24-26-28-30-32-34-36-43(46)50-40-42(41-52-54(48,49)51-39-38-45-3)53-44(47)37-35-33-31-29-27-25-22-19-17-15-13-11-9-7-5-2/h7,9,13,15,18-20,22-24,27-30,42,45H,4-6,8,10-12,14,16-17,21,25-26,31-41H2,1-3H3,(H,48,49)/b9-7-,15-13-,20-18-,22-19-,24-23-,29-27-,30-28-. The van der Waals surface area contributed by atoms with Gasteiger partial charge in [-0.15, -0.1) is 0 Å². The number of hydrogen-bond donors (Lipinski definition) is 2. The summed E-state index contributed by atoms with van der Waals surface area (Å²) in [4.78, 5) is 34.9. The molecule has 0 saturated carbocycles. The topological polar surface area (TPSA) is 120 Å². The Morgan fingerprint density at radius 3 is 1.63 bits per heavy atom. The minimum Gasteiger partial charge on any atom is -0.462 e. The largest absolute Gasteiger partial charge is 0.472 e. The molecule has 0 aromatic heterocycles. The van der Waals surface area contributed by atoms with Crippen molar-refractivity contribution in [3.63, 3.8) is 0 Å². The van der Waals surface area contributed by atoms with Crippen LogP contribution in [0.3, 0.4) is 0 Å². The fourth-order valence-corrected chi connectivity index (χ4v) is 5.66. The van der Waals surface area contributed by atoms with Crippen molar-refractivity contribution in [2.24, 2.45) is 0 Å². The molecule has 308 valence electrons. The van der Waals surface area contributed by atoms with Gasteiger partial charge in [0.05, 0.1) is 13.2 Å². The van der Waals surface area contributed by atoms with E-state index >= 15 is 0 Å². The van der Waals surface area contributed by atoms with Crippen molar-refractivity contribution in [3.8, 4) is 0 Å². The molecule has 0 aliphatic carbocycles. The Bertz CT molecular complexity index is 1160. The first-order chi connectivity index (χ1) is 26.3. The molecule has 10 heteroatoms. The van der Waals surface area contributed by atoms with Crippen molar-refractivity contribution in [2.75, 3.05) is 33.4 Å². The molecular weight excluding hydrogens is 701 g/mol. The summed E-state index contributed by atoms with van der Waals surface area (Å²) in [5.41, 5.74) is 0. The number of phosphoric acid groups is 1. The fraction of sp³-hybridized carbons (Fsp3) is 0.636. The van der Waals surface area contributed by atoms with Crippen molar-refractivity contribution in [1.29, 1.82) is 0 Å². The summed E-state index contributed by atoms with van der Waals surface area (Å²) in [6.45, 7) is 3.97. The highest BCUT2D eigenvalue weighted by molar-refractivity contribution is 7.47. The molecule has 9 nitrogen and oxygen atoms in total. The monoisotopic (exact) mass is 776 g/mol. The summed E-state index contributed by atoms with van der Waals surface area (Å²) >= 11 is 0. The van der Waals surface area contributed by atoms with Crippen molar-refractivity contribution in [1.82, 2.24) is 5.32 Å². The third-order valence-electron chi connectivity index (χ3n) is 8.00. The number of carbonyl (C=O) groups is 2. The number of likely N-dealkylation sites (N-methyl/N-ethyl adjacent to an activating group) is 1. The van der Waals surface area contributed by atoms with E-state index in [0.29, 0.717) is 19.4 Å². The second kappa shape index (κ2) is 39.9. The van der Waals surface area contributed by atoms with E-state index in [1.54, 1.807) is 7.05 Å². The van der Waals surface area contributed by atoms with E-state index in [9.17, 15) is 19.0 Å². The zero-order valence-electron chi connectivity index (χ0n) is 33.9. The van der Waals surface area contributed by atoms with Gasteiger partial charge < -0.3 is 19.7 Å². The maximum Gasteiger partial charge on any atom is 0.472 e. The Morgan fingerprint density at radius 1 is 0.593 bits per heavy atom. The zero-order valence-corrected chi connectivity index (χ0v) is 34.8. The van der Waals surface area contributed by atoms with Gasteiger partial charge in [-0.05, 0) is 90.5 Å². The van der Waals surface area contributed by atoms with Crippen LogP contribution in [0.25, 0.3) is 0 Å². The van der Waals surface area contributed by atoms with Gasteiger partial charge in [0.1, 0.15) is 6.61 Å². The van der Waals surface area contributed by atoms with Crippen molar-refractivity contribution in [2.45, 2.75) is 148 Å². The number of unbranched alkanes of at least 4 members (excludes halogenated alkanes) is 9. The number of rotatable bonds is 37. The summed E-state index contributed by atoms with van der Waals surface area (Å²) in [5.74, 6) is -0.926. The number of phosphoric ester groups is 1. The predicted molar refractivity (Wildman–Crippen MR) is 224 cm³/mol. The Kier molecular flexibility index (Phi) is 37.8. The Hall–Kier alpha value is -2.81. The molecule has 54 heavy (non-hydrogen) atoms. The van der Waals surface area contributed by atoms with Crippen LogP contribution in [0.2, 0.25) is 0 Å². The lowest BCUT2D eigenvalue weighted by Gasteiger charge is -2.20. The molecule has 0 aliphatic heterocycles. The number of allylic oxidation sites excluding steroid dienone is 14. The quantitative estimate of drug-likeness (QED) is 0.0275. The van der Waals surface area contributed by atoms with Gasteiger partial charge in [-0.2, -0.15) is 0 Å². The number of esters is 2. The van der Waals surface area contributed by atoms with E-state index < -0.39 is 32.5 Å². The number of nitrogens with one attached hydrogen (secondary N) is 1. The molecule has 0 bridgehead atoms. The lowest BCUT2D eigenvalue weighted by atomic mass is 10.1. The molecule has 0 rings (SSSR count). The average molecular weight is 776 g/mol. The highest BCUT2D eigenvalue weighted by Crippen LogP contribution is 2.43. The Balaban J connectivity index is 4.43. The van der Waals surface area contributed by atoms with Crippen LogP contribution < -0.4 is 5.32 Å². The third kappa shape index (κ3) is 38.9. The second-order valence-corrected chi connectivity index (χ2v) is 14.5. The molecule has 2 N–H and O–H groups in total. The van der Waals surface area contributed by atoms with Crippen molar-refractivity contribution >= 4 is 19.8 Å². The van der Waals surface area contributed by atoms with Gasteiger partial charge in [0, 0.05) is 19.4 Å². The van der Waals surface area contributed by atoms with E-state index in [0.717, 1.165) is 64.2 Å². The predicted octanol–water partition coefficient (Wildman–Crippen LogP) is 11.5. The molecule has 0 saturated heterocycles. The van der Waals surface area contributed by atoms with Crippen molar-refractivity contribution in [3.05, 3.63) is 85.1 Å². The first-order valence-corrected chi connectivity index (χ1v) is 22.0. The molecule has 0 aromatic carbocycles. The molecule has 0 radical (unpaired) electrons. The van der Waals surface area contributed by atoms with Crippen LogP contribution in [0.5, 0.6) is 0 Å². The number of carbonyl (C=O) groups excluding carboxylic acids is 2. The molecule has 2 atom stereocenters. The summed E-state index contributed by atoms with van der Waals surface area (Å²) in [6.07, 6.45) is 47.8. The minimum atomic E-state index is -4.37. The third-order valence-corrected chi connectivity index (χ3v) is 8.98. The van der Waals surface area contributed by atoms with Crippen LogP contribution >= 0.6 is 7.82 Å². The molecule has 0 amide bonds. The Labute approximate surface area is 328 Å². The lowest BCUT2D eigenvalue weighted by molar-refractivity contribution is -0.161. The van der Waals surface area contributed by atoms with Gasteiger partial charge in [-0.1, -0.05) is 131 Å². The van der Waals surface area contributed by atoms with Crippen LogP contribution in [0, 0.1) is 0 Å². The first-order valence-electron chi connectivity index (χ1n) is 20.5. The Morgan fingerprint density at radius 2 is 1.07 bits per heavy atom. The molecular formula is C44H74NO8P. The van der Waals surface area contributed by atoms with Gasteiger partial charge in [0.15, 0.2) is 6.10 Å². The number of ether oxygens (including phenoxy) is 2. The lowest BCUT2D eigenvalue weighted by Crippen LogP contribution is -2.29. The van der Waals surface area contributed by atoms with Gasteiger partial charge in [0.2, 0.25) is 0 Å². The summed E-state index contributed by atoms with van der Waals surface area (Å²) in [6, 6.07) is 0. The summed E-state index contributed by atoms with van der Waals surface area (Å²) in [5, 5.41) is 2.81. The van der Waals surface area contributed by atoms with Gasteiger partial charge in [-0.25, -0.2) is 4.57 Å². The van der Waals surface area contributed by atoms with Crippen LogP contribution in [0.1, 0.15) is 142 Å². The van der Waals surface area contributed by atoms with E-state index in [1.165, 1.54) is 38.5 Å². The van der Waals surface area contributed by atoms with Crippen LogP contribution in [0.15, 0.2) is 85.1 Å². The fourth-order valence-electron chi connectivity index (χ4n) is 4.91. The number of hydrogen-bond acceptors (Lipinski definition) is 8. The van der Waals surface area contributed by atoms with E-state index in [-0.39, 0.29) is 26.1 Å². The normalized spacial score (nSPS) is 14.2. The summed E-state index contributed by atoms with van der Waals surface area (Å²) in [7, 11) is -2.69. The average Bonchev–Trinajstić information content (AvgIpc) is 3.15. The molecule has 0 spiro atoms. The summed E-state index contributed by atoms with van der Waals surface area (Å²) < 4.78 is 33.0. The molecule has 0 aromatic rings. The highest BCUT2D eigenvalue weighted by Gasteiger charge is 2.26. The molecule has 0 aliphatic rings. The molecule has 0 heterocycles. The van der Waals surface area contributed by atoms with Crippen LogP contribution in [0.4, 0.5) is 0 Å². The molecule has 2 unspecified atom stereocenters. The maximum atomic E-state index is 12.6. The smallest absolute Gasteiger partial charge is 0.462 e. The highest BCUT2D eigenvalue weighted by atomic mass is 31.2. The van der Waals surface area contributed by atoms with E-state index in [2.05, 4.69) is 104 Å². The second-order valence-electron chi connectivity index (χ2n) is 13.1. The minimum absolute atomic E-state index is 0.0373.